The van der Waals surface area contributed by atoms with Crippen LogP contribution in [0.15, 0.2) is 0 Å². The van der Waals surface area contributed by atoms with E-state index >= 15 is 0 Å². The molecule has 0 N–H and O–H groups in total. The number of nitriles is 1. The summed E-state index contributed by atoms with van der Waals surface area (Å²) in [4.78, 5) is 23.6. The molecule has 5 nitrogen and oxygen atoms in total. The SMILES string of the molecule is CCCCCC(C(=O)OCC)C(C#N)C(=O)OCC. The molecule has 0 aromatic heterocycles. The quantitative estimate of drug-likeness (QED) is 0.474. The number of ether oxygens (including phenoxy) is 2. The maximum atomic E-state index is 11.9. The van der Waals surface area contributed by atoms with Crippen molar-refractivity contribution in [1.82, 2.24) is 0 Å². The van der Waals surface area contributed by atoms with Gasteiger partial charge in [0.15, 0.2) is 5.92 Å². The molecule has 108 valence electrons. The summed E-state index contributed by atoms with van der Waals surface area (Å²) >= 11 is 0. The summed E-state index contributed by atoms with van der Waals surface area (Å²) in [7, 11) is 0. The fourth-order valence-corrected chi connectivity index (χ4v) is 1.82. The molecular formula is C14H23NO4. The molecule has 0 saturated heterocycles. The maximum absolute atomic E-state index is 11.9. The zero-order valence-electron chi connectivity index (χ0n) is 12.0. The predicted molar refractivity (Wildman–Crippen MR) is 70.0 cm³/mol. The predicted octanol–water partition coefficient (Wildman–Crippen LogP) is 2.45. The first kappa shape index (κ1) is 17.4. The number of nitrogens with zero attached hydrogens (tertiary/aromatic N) is 1. The van der Waals surface area contributed by atoms with Crippen molar-refractivity contribution in [3.8, 4) is 6.07 Å². The van der Waals surface area contributed by atoms with E-state index in [1.165, 1.54) is 0 Å². The monoisotopic (exact) mass is 269 g/mol. The second-order valence-electron chi connectivity index (χ2n) is 4.21. The lowest BCUT2D eigenvalue weighted by molar-refractivity contribution is -0.158. The summed E-state index contributed by atoms with van der Waals surface area (Å²) in [6.07, 6.45) is 3.23. The van der Waals surface area contributed by atoms with Gasteiger partial charge in [0.25, 0.3) is 0 Å². The van der Waals surface area contributed by atoms with Crippen LogP contribution in [0.25, 0.3) is 0 Å². The Morgan fingerprint density at radius 2 is 1.63 bits per heavy atom. The molecule has 0 fully saturated rings. The Morgan fingerprint density at radius 3 is 2.11 bits per heavy atom. The van der Waals surface area contributed by atoms with Gasteiger partial charge < -0.3 is 9.47 Å². The van der Waals surface area contributed by atoms with Gasteiger partial charge in [-0.15, -0.1) is 0 Å². The van der Waals surface area contributed by atoms with Gasteiger partial charge in [-0.2, -0.15) is 5.26 Å². The van der Waals surface area contributed by atoms with E-state index in [0.29, 0.717) is 6.42 Å². The molecule has 0 aromatic carbocycles. The highest BCUT2D eigenvalue weighted by Crippen LogP contribution is 2.22. The number of rotatable bonds is 9. The second-order valence-corrected chi connectivity index (χ2v) is 4.21. The Balaban J connectivity index is 4.80. The molecule has 19 heavy (non-hydrogen) atoms. The first-order valence-electron chi connectivity index (χ1n) is 6.85. The van der Waals surface area contributed by atoms with E-state index in [2.05, 4.69) is 0 Å². The molecule has 0 amide bonds. The number of hydrogen-bond acceptors (Lipinski definition) is 5. The molecular weight excluding hydrogens is 246 g/mol. The minimum Gasteiger partial charge on any atom is -0.466 e. The van der Waals surface area contributed by atoms with Gasteiger partial charge in [-0.05, 0) is 20.3 Å². The van der Waals surface area contributed by atoms with Gasteiger partial charge in [0.05, 0.1) is 25.2 Å². The normalized spacial score (nSPS) is 13.2. The fourth-order valence-electron chi connectivity index (χ4n) is 1.82. The van der Waals surface area contributed by atoms with E-state index in [4.69, 9.17) is 14.7 Å². The van der Waals surface area contributed by atoms with Crippen LogP contribution in [0.5, 0.6) is 0 Å². The Bertz CT molecular complexity index is 322. The van der Waals surface area contributed by atoms with Crippen molar-refractivity contribution in [2.24, 2.45) is 11.8 Å². The molecule has 0 aromatic rings. The van der Waals surface area contributed by atoms with Crippen LogP contribution in [0, 0.1) is 23.2 Å². The third kappa shape index (κ3) is 6.23. The van der Waals surface area contributed by atoms with Crippen molar-refractivity contribution in [3.63, 3.8) is 0 Å². The van der Waals surface area contributed by atoms with Gasteiger partial charge in [-0.25, -0.2) is 0 Å². The first-order valence-corrected chi connectivity index (χ1v) is 6.85. The van der Waals surface area contributed by atoms with Crippen LogP contribution < -0.4 is 0 Å². The van der Waals surface area contributed by atoms with Crippen molar-refractivity contribution in [3.05, 3.63) is 0 Å². The Hall–Kier alpha value is -1.57. The third-order valence-electron chi connectivity index (χ3n) is 2.79. The van der Waals surface area contributed by atoms with E-state index in [9.17, 15) is 9.59 Å². The molecule has 0 aliphatic rings. The smallest absolute Gasteiger partial charge is 0.324 e. The van der Waals surface area contributed by atoms with Crippen molar-refractivity contribution < 1.29 is 19.1 Å². The molecule has 0 rings (SSSR count). The van der Waals surface area contributed by atoms with Crippen LogP contribution >= 0.6 is 0 Å². The maximum Gasteiger partial charge on any atom is 0.324 e. The standard InChI is InChI=1S/C14H23NO4/c1-4-7-8-9-11(13(16)18-5-2)12(10-15)14(17)19-6-3/h11-12H,4-9H2,1-3H3. The molecule has 5 heteroatoms. The summed E-state index contributed by atoms with van der Waals surface area (Å²) in [6.45, 7) is 5.85. The average molecular weight is 269 g/mol. The minimum absolute atomic E-state index is 0.196. The third-order valence-corrected chi connectivity index (χ3v) is 2.79. The largest absolute Gasteiger partial charge is 0.466 e. The molecule has 2 unspecified atom stereocenters. The molecule has 0 saturated carbocycles. The van der Waals surface area contributed by atoms with Crippen LogP contribution in [0.1, 0.15) is 46.5 Å². The van der Waals surface area contributed by atoms with Crippen LogP contribution in [-0.4, -0.2) is 25.2 Å². The van der Waals surface area contributed by atoms with Crippen LogP contribution in [0.3, 0.4) is 0 Å². The average Bonchev–Trinajstić information content (AvgIpc) is 2.38. The van der Waals surface area contributed by atoms with Gasteiger partial charge in [-0.1, -0.05) is 26.2 Å². The van der Waals surface area contributed by atoms with E-state index < -0.39 is 23.8 Å². The number of unbranched alkanes of at least 4 members (excludes halogenated alkanes) is 2. The van der Waals surface area contributed by atoms with Gasteiger partial charge in [0.1, 0.15) is 0 Å². The molecule has 0 spiro atoms. The van der Waals surface area contributed by atoms with Crippen molar-refractivity contribution in [1.29, 1.82) is 5.26 Å². The first-order chi connectivity index (χ1) is 9.12. The second kappa shape index (κ2) is 10.4. The molecule has 0 heterocycles. The van der Waals surface area contributed by atoms with Crippen LogP contribution in [0.4, 0.5) is 0 Å². The Morgan fingerprint density at radius 1 is 1.05 bits per heavy atom. The molecule has 0 aliphatic heterocycles. The molecule has 2 atom stereocenters. The number of carbonyl (C=O) groups is 2. The zero-order chi connectivity index (χ0) is 14.7. The van der Waals surface area contributed by atoms with E-state index in [1.807, 2.05) is 13.0 Å². The highest BCUT2D eigenvalue weighted by Gasteiger charge is 2.35. The summed E-state index contributed by atoms with van der Waals surface area (Å²) in [5, 5.41) is 9.11. The lowest BCUT2D eigenvalue weighted by Crippen LogP contribution is -2.32. The number of hydrogen-bond donors (Lipinski definition) is 0. The topological polar surface area (TPSA) is 76.4 Å². The van der Waals surface area contributed by atoms with Crippen LogP contribution in [0.2, 0.25) is 0 Å². The zero-order valence-corrected chi connectivity index (χ0v) is 12.0. The van der Waals surface area contributed by atoms with Crippen molar-refractivity contribution in [2.75, 3.05) is 13.2 Å². The summed E-state index contributed by atoms with van der Waals surface area (Å²) < 4.78 is 9.79. The lowest BCUT2D eigenvalue weighted by atomic mass is 9.88. The van der Waals surface area contributed by atoms with E-state index in [0.717, 1.165) is 19.3 Å². The lowest BCUT2D eigenvalue weighted by Gasteiger charge is -2.19. The highest BCUT2D eigenvalue weighted by molar-refractivity contribution is 5.84. The summed E-state index contributed by atoms with van der Waals surface area (Å²) in [5.74, 6) is -2.93. The molecule has 0 radical (unpaired) electrons. The summed E-state index contributed by atoms with van der Waals surface area (Å²) in [5.41, 5.74) is 0. The summed E-state index contributed by atoms with van der Waals surface area (Å²) in [6, 6.07) is 1.88. The Kier molecular flexibility index (Phi) is 9.51. The van der Waals surface area contributed by atoms with E-state index in [1.54, 1.807) is 13.8 Å². The van der Waals surface area contributed by atoms with Crippen LogP contribution in [-0.2, 0) is 19.1 Å². The van der Waals surface area contributed by atoms with Gasteiger partial charge in [-0.3, -0.25) is 9.59 Å². The number of esters is 2. The van der Waals surface area contributed by atoms with Crippen molar-refractivity contribution >= 4 is 11.9 Å². The number of carbonyl (C=O) groups excluding carboxylic acids is 2. The molecule has 0 bridgehead atoms. The van der Waals surface area contributed by atoms with Gasteiger partial charge in [0, 0.05) is 0 Å². The Labute approximate surface area is 114 Å². The fraction of sp³-hybridized carbons (Fsp3) is 0.786. The van der Waals surface area contributed by atoms with Gasteiger partial charge >= 0.3 is 11.9 Å². The minimum atomic E-state index is -1.07. The van der Waals surface area contributed by atoms with Gasteiger partial charge in [0.2, 0.25) is 0 Å². The highest BCUT2D eigenvalue weighted by atomic mass is 16.5. The molecule has 0 aliphatic carbocycles. The van der Waals surface area contributed by atoms with Crippen molar-refractivity contribution in [2.45, 2.75) is 46.5 Å². The van der Waals surface area contributed by atoms with E-state index in [-0.39, 0.29) is 13.2 Å².